The molecule has 2 N–H and O–H groups in total. The van der Waals surface area contributed by atoms with E-state index in [9.17, 15) is 50.8 Å². The molecule has 0 radical (unpaired) electrons. The number of fused-ring (bicyclic) bond motifs is 1. The zero-order valence-corrected chi connectivity index (χ0v) is 22.1. The highest BCUT2D eigenvalue weighted by atomic mass is 19.4. The van der Waals surface area contributed by atoms with Gasteiger partial charge < -0.3 is 29.9 Å². The Hall–Kier alpha value is -4.23. The second-order valence-electron chi connectivity index (χ2n) is 10.4. The molecule has 228 valence electrons. The van der Waals surface area contributed by atoms with Crippen molar-refractivity contribution in [2.45, 2.75) is 68.9 Å². The summed E-state index contributed by atoms with van der Waals surface area (Å²) in [5, 5.41) is 13.8. The van der Waals surface area contributed by atoms with Crippen LogP contribution in [0, 0.1) is 17.2 Å². The van der Waals surface area contributed by atoms with Crippen LogP contribution >= 0.6 is 0 Å². The number of nitriles is 1. The van der Waals surface area contributed by atoms with Gasteiger partial charge in [0.15, 0.2) is 11.5 Å². The molecule has 1 saturated heterocycles. The Morgan fingerprint density at radius 2 is 1.93 bits per heavy atom. The number of alkyl halides is 6. The molecule has 4 atom stereocenters. The van der Waals surface area contributed by atoms with E-state index in [0.717, 1.165) is 29.8 Å². The first-order valence-electron chi connectivity index (χ1n) is 12.7. The van der Waals surface area contributed by atoms with Crippen molar-refractivity contribution in [1.82, 2.24) is 15.1 Å². The average molecular weight is 605 g/mol. The summed E-state index contributed by atoms with van der Waals surface area (Å²) >= 11 is 0. The number of amides is 4. The lowest BCUT2D eigenvalue weighted by molar-refractivity contribution is -0.275. The zero-order valence-electron chi connectivity index (χ0n) is 22.1. The number of likely N-dealkylation sites (N-methyl/N-ethyl adjacent to an activating group) is 1. The van der Waals surface area contributed by atoms with Crippen LogP contribution in [0.3, 0.4) is 0 Å². The molecule has 1 spiro atoms. The van der Waals surface area contributed by atoms with E-state index in [1.807, 2.05) is 6.07 Å². The van der Waals surface area contributed by atoms with Gasteiger partial charge in [-0.2, -0.15) is 18.4 Å². The Morgan fingerprint density at radius 1 is 1.26 bits per heavy atom. The van der Waals surface area contributed by atoms with Gasteiger partial charge in [-0.25, -0.2) is 0 Å². The van der Waals surface area contributed by atoms with E-state index in [4.69, 9.17) is 4.74 Å². The van der Waals surface area contributed by atoms with Crippen LogP contribution in [-0.2, 0) is 19.2 Å². The first kappa shape index (κ1) is 30.7. The maximum atomic E-state index is 13.8. The second-order valence-corrected chi connectivity index (χ2v) is 10.4. The minimum atomic E-state index is -5.25. The van der Waals surface area contributed by atoms with Crippen LogP contribution in [-0.4, -0.2) is 83.3 Å². The van der Waals surface area contributed by atoms with Crippen molar-refractivity contribution in [2.75, 3.05) is 18.9 Å². The van der Waals surface area contributed by atoms with Crippen molar-refractivity contribution in [2.24, 2.45) is 5.92 Å². The quantitative estimate of drug-likeness (QED) is 0.455. The number of hydrogen-bond acceptors (Lipinski definition) is 7. The molecule has 0 bridgehead atoms. The molecule has 3 aliphatic rings. The Morgan fingerprint density at radius 3 is 2.50 bits per heavy atom. The van der Waals surface area contributed by atoms with Gasteiger partial charge in [-0.15, -0.1) is 13.2 Å². The lowest BCUT2D eigenvalue weighted by Gasteiger charge is -2.36. The minimum Gasteiger partial charge on any atom is -0.469 e. The summed E-state index contributed by atoms with van der Waals surface area (Å²) in [4.78, 5) is 53.1. The highest BCUT2D eigenvalue weighted by Gasteiger charge is 2.57. The smallest absolute Gasteiger partial charge is 0.469 e. The van der Waals surface area contributed by atoms with E-state index < -0.39 is 84.4 Å². The molecule has 4 amide bonds. The largest absolute Gasteiger partial charge is 0.573 e. The van der Waals surface area contributed by atoms with Crippen molar-refractivity contribution in [3.8, 4) is 17.6 Å². The Labute approximate surface area is 234 Å². The van der Waals surface area contributed by atoms with Crippen molar-refractivity contribution in [3.05, 3.63) is 18.2 Å². The van der Waals surface area contributed by atoms with Crippen molar-refractivity contribution < 1.29 is 55.0 Å². The fraction of sp³-hybridized carbons (Fsp3) is 0.560. The number of carbonyl (C=O) groups excluding carboxylic acids is 4. The van der Waals surface area contributed by atoms with Gasteiger partial charge in [-0.3, -0.25) is 19.2 Å². The van der Waals surface area contributed by atoms with Gasteiger partial charge in [0.1, 0.15) is 18.1 Å². The predicted molar refractivity (Wildman–Crippen MR) is 128 cm³/mol. The molecule has 2 aliphatic heterocycles. The monoisotopic (exact) mass is 605 g/mol. The predicted octanol–water partition coefficient (Wildman–Crippen LogP) is 2.47. The maximum Gasteiger partial charge on any atom is 0.573 e. The van der Waals surface area contributed by atoms with Crippen LogP contribution in [0.2, 0.25) is 0 Å². The standard InChI is InChI=1S/C25H25F6N5O6/c1-12(33-22(40)24(26,27)28)19(37)35(2)16(8-13-6-7-13)20(38)36-11-23(9-14(36)10-32)21(39)34-15-4-3-5-17(18(15)42-23)41-25(29,30)31/h3-5,12-14,16H,6-9,11H2,1-2H3,(H,33,40)(H,34,39). The SMILES string of the molecule is CC(NC(=O)C(F)(F)F)C(=O)N(C)C(CC1CC1)C(=O)N1CC2(CC1C#N)Oc1c(cccc1OC(F)(F)F)NC2=O. The first-order valence-corrected chi connectivity index (χ1v) is 12.7. The summed E-state index contributed by atoms with van der Waals surface area (Å²) in [7, 11) is 1.16. The van der Waals surface area contributed by atoms with Crippen molar-refractivity contribution >= 4 is 29.3 Å². The lowest BCUT2D eigenvalue weighted by Crippen LogP contribution is -2.57. The molecule has 4 rings (SSSR count). The molecular formula is C25H25F6N5O6. The Bertz CT molecular complexity index is 1330. The van der Waals surface area contributed by atoms with E-state index in [1.54, 1.807) is 0 Å². The van der Waals surface area contributed by atoms with Crippen LogP contribution in [0.5, 0.6) is 11.5 Å². The number of hydrogen-bond donors (Lipinski definition) is 2. The van der Waals surface area contributed by atoms with E-state index in [2.05, 4.69) is 10.1 Å². The number of ether oxygens (including phenoxy) is 2. The third-order valence-corrected chi connectivity index (χ3v) is 7.25. The van der Waals surface area contributed by atoms with E-state index in [-0.39, 0.29) is 18.0 Å². The van der Waals surface area contributed by atoms with E-state index in [1.165, 1.54) is 17.4 Å². The molecule has 2 fully saturated rings. The summed E-state index contributed by atoms with van der Waals surface area (Å²) in [6.07, 6.45) is -9.27. The molecule has 1 saturated carbocycles. The van der Waals surface area contributed by atoms with Gasteiger partial charge in [0.25, 0.3) is 5.91 Å². The normalized spacial score (nSPS) is 23.2. The molecule has 1 aromatic rings. The lowest BCUT2D eigenvalue weighted by atomic mass is 9.97. The van der Waals surface area contributed by atoms with Gasteiger partial charge in [0.2, 0.25) is 17.4 Å². The number of nitrogens with one attached hydrogen (secondary N) is 2. The topological polar surface area (TPSA) is 141 Å². The number of rotatable bonds is 7. The van der Waals surface area contributed by atoms with Gasteiger partial charge in [-0.1, -0.05) is 18.9 Å². The summed E-state index contributed by atoms with van der Waals surface area (Å²) in [5.74, 6) is -6.24. The average Bonchev–Trinajstić information content (AvgIpc) is 3.64. The number of halogens is 6. The number of anilines is 1. The second kappa shape index (κ2) is 10.9. The molecule has 4 unspecified atom stereocenters. The Balaban J connectivity index is 1.59. The van der Waals surface area contributed by atoms with Crippen LogP contribution in [0.15, 0.2) is 18.2 Å². The third kappa shape index (κ3) is 6.31. The maximum absolute atomic E-state index is 13.8. The van der Waals surface area contributed by atoms with Crippen LogP contribution in [0.1, 0.15) is 32.6 Å². The van der Waals surface area contributed by atoms with E-state index >= 15 is 0 Å². The number of benzene rings is 1. The number of likely N-dealkylation sites (tertiary alicyclic amines) is 1. The number of carbonyl (C=O) groups is 4. The molecule has 0 aromatic heterocycles. The Kier molecular flexibility index (Phi) is 7.96. The van der Waals surface area contributed by atoms with Crippen LogP contribution in [0.25, 0.3) is 0 Å². The zero-order chi connectivity index (χ0) is 31.2. The van der Waals surface area contributed by atoms with Crippen LogP contribution < -0.4 is 20.1 Å². The molecule has 1 aromatic carbocycles. The molecule has 1 aliphatic carbocycles. The summed E-state index contributed by atoms with van der Waals surface area (Å²) in [6, 6.07) is 1.03. The van der Waals surface area contributed by atoms with E-state index in [0.29, 0.717) is 12.8 Å². The molecule has 11 nitrogen and oxygen atoms in total. The molecule has 17 heteroatoms. The molecule has 2 heterocycles. The summed E-state index contributed by atoms with van der Waals surface area (Å²) in [5.41, 5.74) is -2.12. The molecular weight excluding hydrogens is 580 g/mol. The third-order valence-electron chi connectivity index (χ3n) is 7.25. The highest BCUT2D eigenvalue weighted by molar-refractivity contribution is 6.03. The number of nitrogens with zero attached hydrogens (tertiary/aromatic N) is 3. The first-order chi connectivity index (χ1) is 19.5. The fourth-order valence-corrected chi connectivity index (χ4v) is 4.94. The summed E-state index contributed by atoms with van der Waals surface area (Å²) < 4.78 is 86.8. The van der Waals surface area contributed by atoms with Crippen molar-refractivity contribution in [1.29, 1.82) is 5.26 Å². The fourth-order valence-electron chi connectivity index (χ4n) is 4.94. The number of para-hydroxylation sites is 1. The van der Waals surface area contributed by atoms with Gasteiger partial charge in [-0.05, 0) is 31.4 Å². The van der Waals surface area contributed by atoms with Crippen molar-refractivity contribution in [3.63, 3.8) is 0 Å². The summed E-state index contributed by atoms with van der Waals surface area (Å²) in [6.45, 7) is 0.432. The van der Waals surface area contributed by atoms with Gasteiger partial charge in [0, 0.05) is 13.5 Å². The highest BCUT2D eigenvalue weighted by Crippen LogP contribution is 2.46. The van der Waals surface area contributed by atoms with Crippen LogP contribution in [0.4, 0.5) is 32.0 Å². The molecule has 42 heavy (non-hydrogen) atoms. The minimum absolute atomic E-state index is 0.00504. The van der Waals surface area contributed by atoms with Gasteiger partial charge >= 0.3 is 18.4 Å². The van der Waals surface area contributed by atoms with Gasteiger partial charge in [0.05, 0.1) is 18.3 Å².